The third kappa shape index (κ3) is 39.1. The normalized spacial score (nSPS) is 13.7. The van der Waals surface area contributed by atoms with Crippen molar-refractivity contribution in [3.63, 3.8) is 0 Å². The molecule has 1 heteroatoms. The Balaban J connectivity index is -0.00000384. The van der Waals surface area contributed by atoms with Crippen molar-refractivity contribution in [3.05, 3.63) is 132 Å². The van der Waals surface area contributed by atoms with Gasteiger partial charge in [0.2, 0.25) is 0 Å². The van der Waals surface area contributed by atoms with Crippen LogP contribution in [-0.2, 0) is 0 Å². The molecule has 0 saturated carbocycles. The van der Waals surface area contributed by atoms with Gasteiger partial charge in [0, 0.05) is 0 Å². The Morgan fingerprint density at radius 3 is 0.596 bits per heavy atom. The molecule has 52 heavy (non-hydrogen) atoms. The minimum absolute atomic E-state index is 0. The van der Waals surface area contributed by atoms with Crippen molar-refractivity contribution in [1.82, 2.24) is 0 Å². The zero-order chi connectivity index (χ0) is 36.9. The summed E-state index contributed by atoms with van der Waals surface area (Å²) in [6.07, 6.45) is 42.6. The summed E-state index contributed by atoms with van der Waals surface area (Å²) < 4.78 is 0. The summed E-state index contributed by atoms with van der Waals surface area (Å²) in [5.41, 5.74) is 14.6. The number of allylic oxidation sites excluding steroid dienone is 19. The van der Waals surface area contributed by atoms with Crippen LogP contribution >= 0.6 is 0 Å². The molecule has 0 spiro atoms. The monoisotopic (exact) mass is 725 g/mol. The molecule has 0 aromatic carbocycles. The van der Waals surface area contributed by atoms with Gasteiger partial charge in [0.25, 0.3) is 0 Å². The first-order valence-electron chi connectivity index (χ1n) is 19.7. The van der Waals surface area contributed by atoms with Gasteiger partial charge in [-0.1, -0.05) is 118 Å². The van der Waals surface area contributed by atoms with E-state index >= 15 is 0 Å². The van der Waals surface area contributed by atoms with E-state index in [0.717, 1.165) is 63.4 Å². The molecular formula is C51H85Al. The van der Waals surface area contributed by atoms with Crippen LogP contribution in [0.25, 0.3) is 0 Å². The van der Waals surface area contributed by atoms with Crippen LogP contribution in [0.2, 0.25) is 0 Å². The molecule has 0 saturated heterocycles. The van der Waals surface area contributed by atoms with Crippen molar-refractivity contribution in [3.8, 4) is 0 Å². The Morgan fingerprint density at radius 2 is 0.442 bits per heavy atom. The van der Waals surface area contributed by atoms with E-state index in [1.807, 2.05) is 6.92 Å². The van der Waals surface area contributed by atoms with Crippen LogP contribution in [0.5, 0.6) is 0 Å². The van der Waals surface area contributed by atoms with Crippen LogP contribution < -0.4 is 0 Å². The molecule has 0 aliphatic heterocycles. The molecule has 292 valence electrons. The Kier molecular flexibility index (Phi) is 40.6. The summed E-state index contributed by atoms with van der Waals surface area (Å²) in [6.45, 7) is 30.4. The second-order valence-electron chi connectivity index (χ2n) is 15.4. The van der Waals surface area contributed by atoms with E-state index in [9.17, 15) is 0 Å². The van der Waals surface area contributed by atoms with Crippen LogP contribution in [0, 0.1) is 21.4 Å². The minimum Gasteiger partial charge on any atom is -0.515 e. The summed E-state index contributed by atoms with van der Waals surface area (Å²) >= 11 is 0. The van der Waals surface area contributed by atoms with Gasteiger partial charge in [0.05, 0.1) is 0 Å². The summed E-state index contributed by atoms with van der Waals surface area (Å²) in [5.74, 6) is 0. The molecular weight excluding hydrogens is 640 g/mol. The fourth-order valence-corrected chi connectivity index (χ4v) is 5.77. The largest absolute Gasteiger partial charge is 3.00 e. The third-order valence-electron chi connectivity index (χ3n) is 9.34. The Labute approximate surface area is 339 Å². The molecule has 0 nitrogen and oxygen atoms in total. The Hall–Kier alpha value is -2.07. The van der Waals surface area contributed by atoms with Gasteiger partial charge in [-0.15, -0.1) is 0 Å². The third-order valence-corrected chi connectivity index (χ3v) is 9.34. The van der Waals surface area contributed by atoms with Crippen LogP contribution in [0.3, 0.4) is 0 Å². The molecule has 0 amide bonds. The van der Waals surface area contributed by atoms with Crippen molar-refractivity contribution >= 4 is 17.4 Å². The summed E-state index contributed by atoms with van der Waals surface area (Å²) in [6, 6.07) is 0. The zero-order valence-electron chi connectivity index (χ0n) is 37.1. The van der Waals surface area contributed by atoms with E-state index in [0.29, 0.717) is 0 Å². The maximum absolute atomic E-state index is 5.77. The van der Waals surface area contributed by atoms with Crippen molar-refractivity contribution in [2.45, 2.75) is 192 Å². The predicted molar refractivity (Wildman–Crippen MR) is 245 cm³/mol. The number of hydrogen-bond acceptors (Lipinski definition) is 0. The van der Waals surface area contributed by atoms with Crippen molar-refractivity contribution in [2.24, 2.45) is 0 Å². The van der Waals surface area contributed by atoms with Crippen molar-refractivity contribution < 1.29 is 0 Å². The van der Waals surface area contributed by atoms with Gasteiger partial charge in [0.1, 0.15) is 0 Å². The van der Waals surface area contributed by atoms with Crippen LogP contribution in [-0.4, -0.2) is 17.4 Å². The molecule has 0 N–H and O–H groups in total. The molecule has 0 bridgehead atoms. The van der Waals surface area contributed by atoms with E-state index < -0.39 is 0 Å². The predicted octanol–water partition coefficient (Wildman–Crippen LogP) is 17.4. The van der Waals surface area contributed by atoms with E-state index in [2.05, 4.69) is 124 Å². The zero-order valence-corrected chi connectivity index (χ0v) is 38.2. The van der Waals surface area contributed by atoms with Crippen LogP contribution in [0.4, 0.5) is 0 Å². The van der Waals surface area contributed by atoms with Crippen molar-refractivity contribution in [2.75, 3.05) is 0 Å². The summed E-state index contributed by atoms with van der Waals surface area (Å²) in [5, 5.41) is 0. The van der Waals surface area contributed by atoms with Gasteiger partial charge in [-0.2, -0.15) is 0 Å². The van der Waals surface area contributed by atoms with Crippen LogP contribution in [0.15, 0.2) is 110 Å². The summed E-state index contributed by atoms with van der Waals surface area (Å²) in [7, 11) is 0. The second kappa shape index (κ2) is 37.3. The maximum atomic E-state index is 5.77. The summed E-state index contributed by atoms with van der Waals surface area (Å²) in [4.78, 5) is 0. The topological polar surface area (TPSA) is 0 Å². The van der Waals surface area contributed by atoms with Gasteiger partial charge < -0.3 is 21.4 Å². The number of rotatable bonds is 27. The molecule has 0 rings (SSSR count). The van der Waals surface area contributed by atoms with Gasteiger partial charge in [-0.3, -0.25) is 5.57 Å². The molecule has 0 heterocycles. The fourth-order valence-electron chi connectivity index (χ4n) is 5.77. The molecule has 0 aliphatic carbocycles. The Morgan fingerprint density at radius 1 is 0.288 bits per heavy atom. The van der Waals surface area contributed by atoms with Gasteiger partial charge in [0.15, 0.2) is 0 Å². The maximum Gasteiger partial charge on any atom is 3.00 e. The fraction of sp³-hybridized carbons (Fsp3) is 0.569. The van der Waals surface area contributed by atoms with E-state index in [-0.39, 0.29) is 32.2 Å². The quantitative estimate of drug-likeness (QED) is 0.0449. The average Bonchev–Trinajstić information content (AvgIpc) is 3.00. The first kappa shape index (κ1) is 56.7. The van der Waals surface area contributed by atoms with E-state index in [1.54, 1.807) is 0 Å². The SMILES string of the molecule is [Al+3].[CH-]=C(C)CC/C=C(\C)CC/C=C(\C)CC/C=C(\C)CC/C=C(\C)CC/C=C(\C)CC/C=C(\C)CC/C=C(\C)CC/C=C(\C)CCC=C(C)C.[CH3-].[CH3-]. The van der Waals surface area contributed by atoms with Gasteiger partial charge >= 0.3 is 17.4 Å². The second-order valence-corrected chi connectivity index (χ2v) is 15.4. The van der Waals surface area contributed by atoms with Gasteiger partial charge in [-0.25, -0.2) is 0 Å². The first-order chi connectivity index (χ1) is 23.3. The molecule has 0 atom stereocenters. The standard InChI is InChI=1S/C49H79.2CH3.Al/c1-40(2)22-13-24-42(5)26-15-28-44(7)30-17-32-46(9)34-19-36-48(11)38-21-39-49(12)37-20-35-47(10)33-18-31-45(8)29-16-27-43(6)25-14-23-41(3)4;;;/h1,23-24,27-28,31-32,35-36,39H,13-22,25-26,29-30,33-34,37-38H2,2-12H3;2*1H3;/q3*-1;+3/b42-24+,43-27+,44-28+,45-31+,46-32+,47-35+,48-36+,49-39+;;;. The average molecular weight is 725 g/mol. The Bertz CT molecular complexity index is 1210. The van der Waals surface area contributed by atoms with Crippen molar-refractivity contribution in [1.29, 1.82) is 0 Å². The van der Waals surface area contributed by atoms with Gasteiger partial charge in [-0.05, 0) is 178 Å². The minimum atomic E-state index is 0. The number of hydrogen-bond donors (Lipinski definition) is 0. The smallest absolute Gasteiger partial charge is 0.515 e. The molecule has 0 fully saturated rings. The molecule has 0 radical (unpaired) electrons. The first-order valence-corrected chi connectivity index (χ1v) is 19.7. The molecule has 0 unspecified atom stereocenters. The molecule has 0 aromatic rings. The van der Waals surface area contributed by atoms with Crippen LogP contribution in [0.1, 0.15) is 192 Å². The van der Waals surface area contributed by atoms with E-state index in [1.165, 1.54) is 108 Å². The van der Waals surface area contributed by atoms with E-state index in [4.69, 9.17) is 6.58 Å². The molecule has 0 aromatic heterocycles. The molecule has 0 aliphatic rings.